The largest absolute Gasteiger partial charge is 0.314 e. The Balaban J connectivity index is 3.05. The normalized spacial score (nSPS) is 12.8. The van der Waals surface area contributed by atoms with Gasteiger partial charge >= 0.3 is 0 Å². The summed E-state index contributed by atoms with van der Waals surface area (Å²) in [7, 11) is 0. The molecule has 0 radical (unpaired) electrons. The van der Waals surface area contributed by atoms with Crippen LogP contribution in [0.4, 0.5) is 0 Å². The highest BCUT2D eigenvalue weighted by atomic mass is 14.9. The van der Waals surface area contributed by atoms with Crippen molar-refractivity contribution in [3.8, 4) is 0 Å². The Labute approximate surface area is 161 Å². The fraction of sp³-hybridized carbons (Fsp3) is 1.00. The minimum atomic E-state index is 0.691. The van der Waals surface area contributed by atoms with Gasteiger partial charge in [-0.25, -0.2) is 0 Å². The molecule has 1 heteroatoms. The van der Waals surface area contributed by atoms with Crippen LogP contribution in [0.1, 0.15) is 137 Å². The third-order valence-electron chi connectivity index (χ3n) is 5.35. The van der Waals surface area contributed by atoms with Gasteiger partial charge in [0.05, 0.1) is 0 Å². The first-order chi connectivity index (χ1) is 12.2. The second-order valence-corrected chi connectivity index (χ2v) is 8.79. The zero-order valence-electron chi connectivity index (χ0n) is 18.4. The number of rotatable bonds is 20. The summed E-state index contributed by atoms with van der Waals surface area (Å²) in [6.07, 6.45) is 24.5. The maximum Gasteiger partial charge on any atom is 0.00411 e. The predicted molar refractivity (Wildman–Crippen MR) is 116 cm³/mol. The van der Waals surface area contributed by atoms with Crippen LogP contribution in [0.2, 0.25) is 0 Å². The Morgan fingerprint density at radius 3 is 1.24 bits per heavy atom. The summed E-state index contributed by atoms with van der Waals surface area (Å²) in [5.74, 6) is 0.813. The van der Waals surface area contributed by atoms with Gasteiger partial charge in [-0.1, -0.05) is 117 Å². The van der Waals surface area contributed by atoms with Gasteiger partial charge in [0.25, 0.3) is 0 Å². The molecule has 0 saturated carbocycles. The van der Waals surface area contributed by atoms with E-state index in [2.05, 4.69) is 33.0 Å². The highest BCUT2D eigenvalue weighted by Crippen LogP contribution is 2.13. The van der Waals surface area contributed by atoms with Crippen LogP contribution in [-0.2, 0) is 0 Å². The molecule has 0 bridgehead atoms. The molecule has 0 heterocycles. The van der Waals surface area contributed by atoms with E-state index in [1.807, 2.05) is 0 Å². The van der Waals surface area contributed by atoms with Crippen molar-refractivity contribution in [3.63, 3.8) is 0 Å². The third kappa shape index (κ3) is 21.9. The number of nitrogens with one attached hydrogen (secondary N) is 1. The minimum absolute atomic E-state index is 0.691. The van der Waals surface area contributed by atoms with Gasteiger partial charge in [-0.3, -0.25) is 0 Å². The molecule has 0 aliphatic rings. The van der Waals surface area contributed by atoms with Crippen LogP contribution in [0.5, 0.6) is 0 Å². The Hall–Kier alpha value is -0.0400. The second-order valence-electron chi connectivity index (χ2n) is 8.79. The summed E-state index contributed by atoms with van der Waals surface area (Å²) in [6, 6.07) is 0.691. The van der Waals surface area contributed by atoms with Crippen LogP contribution in [0.15, 0.2) is 0 Å². The van der Waals surface area contributed by atoms with Crippen molar-refractivity contribution >= 4 is 0 Å². The molecule has 0 spiro atoms. The predicted octanol–water partition coefficient (Wildman–Crippen LogP) is 8.27. The zero-order chi connectivity index (χ0) is 18.6. The topological polar surface area (TPSA) is 12.0 Å². The van der Waals surface area contributed by atoms with Crippen LogP contribution in [0.25, 0.3) is 0 Å². The molecule has 0 amide bonds. The molecule has 0 aliphatic carbocycles. The Bertz CT molecular complexity index is 236. The second kappa shape index (κ2) is 20.3. The van der Waals surface area contributed by atoms with E-state index in [0.29, 0.717) is 6.04 Å². The quantitative estimate of drug-likeness (QED) is 0.217. The Morgan fingerprint density at radius 2 is 0.880 bits per heavy atom. The fourth-order valence-corrected chi connectivity index (χ4v) is 3.81. The first-order valence-corrected chi connectivity index (χ1v) is 11.9. The minimum Gasteiger partial charge on any atom is -0.314 e. The molecule has 0 aromatic heterocycles. The molecular formula is C24H51N. The molecule has 0 aromatic carbocycles. The maximum atomic E-state index is 3.66. The summed E-state index contributed by atoms with van der Waals surface area (Å²) in [5, 5.41) is 3.66. The van der Waals surface area contributed by atoms with Gasteiger partial charge in [-0.15, -0.1) is 0 Å². The Morgan fingerprint density at radius 1 is 0.520 bits per heavy atom. The van der Waals surface area contributed by atoms with Crippen molar-refractivity contribution in [3.05, 3.63) is 0 Å². The van der Waals surface area contributed by atoms with Crippen LogP contribution in [0.3, 0.4) is 0 Å². The average molecular weight is 354 g/mol. The summed E-state index contributed by atoms with van der Waals surface area (Å²) >= 11 is 0. The van der Waals surface area contributed by atoms with Gasteiger partial charge in [0.1, 0.15) is 0 Å². The molecule has 1 unspecified atom stereocenters. The van der Waals surface area contributed by atoms with E-state index < -0.39 is 0 Å². The van der Waals surface area contributed by atoms with Crippen molar-refractivity contribution in [1.82, 2.24) is 5.32 Å². The van der Waals surface area contributed by atoms with Crippen molar-refractivity contribution in [2.24, 2.45) is 5.92 Å². The summed E-state index contributed by atoms with van der Waals surface area (Å²) < 4.78 is 0. The lowest BCUT2D eigenvalue weighted by molar-refractivity contribution is 0.433. The highest BCUT2D eigenvalue weighted by molar-refractivity contribution is 4.62. The van der Waals surface area contributed by atoms with Crippen LogP contribution < -0.4 is 5.32 Å². The highest BCUT2D eigenvalue weighted by Gasteiger charge is 2.03. The SMILES string of the molecule is CCCCCCCCCCCCCCCCCCNC(C)CC(C)C. The summed E-state index contributed by atoms with van der Waals surface area (Å²) in [6.45, 7) is 10.5. The lowest BCUT2D eigenvalue weighted by Gasteiger charge is -2.15. The molecular weight excluding hydrogens is 302 g/mol. The van der Waals surface area contributed by atoms with Crippen molar-refractivity contribution < 1.29 is 0 Å². The van der Waals surface area contributed by atoms with E-state index >= 15 is 0 Å². The van der Waals surface area contributed by atoms with Gasteiger partial charge in [-0.2, -0.15) is 0 Å². The van der Waals surface area contributed by atoms with E-state index in [4.69, 9.17) is 0 Å². The molecule has 0 aromatic rings. The van der Waals surface area contributed by atoms with Gasteiger partial charge in [-0.05, 0) is 32.2 Å². The van der Waals surface area contributed by atoms with E-state index in [1.54, 1.807) is 0 Å². The van der Waals surface area contributed by atoms with Crippen molar-refractivity contribution in [1.29, 1.82) is 0 Å². The van der Waals surface area contributed by atoms with Crippen LogP contribution in [-0.4, -0.2) is 12.6 Å². The molecule has 0 saturated heterocycles. The molecule has 25 heavy (non-hydrogen) atoms. The maximum absolute atomic E-state index is 3.66. The number of unbranched alkanes of at least 4 members (excludes halogenated alkanes) is 15. The zero-order valence-corrected chi connectivity index (χ0v) is 18.4. The molecule has 0 fully saturated rings. The third-order valence-corrected chi connectivity index (χ3v) is 5.35. The van der Waals surface area contributed by atoms with E-state index in [0.717, 1.165) is 5.92 Å². The van der Waals surface area contributed by atoms with Crippen LogP contribution >= 0.6 is 0 Å². The van der Waals surface area contributed by atoms with E-state index in [1.165, 1.54) is 116 Å². The Kier molecular flexibility index (Phi) is 20.2. The molecule has 1 N–H and O–H groups in total. The van der Waals surface area contributed by atoms with Gasteiger partial charge in [0.2, 0.25) is 0 Å². The molecule has 1 nitrogen and oxygen atoms in total. The standard InChI is InChI=1S/C24H51N/c1-5-6-7-8-9-10-11-12-13-14-15-16-17-18-19-20-21-25-24(4)22-23(2)3/h23-25H,5-22H2,1-4H3. The van der Waals surface area contributed by atoms with Crippen molar-refractivity contribution in [2.45, 2.75) is 143 Å². The lowest BCUT2D eigenvalue weighted by atomic mass is 10.0. The molecule has 152 valence electrons. The number of hydrogen-bond acceptors (Lipinski definition) is 1. The monoisotopic (exact) mass is 353 g/mol. The van der Waals surface area contributed by atoms with Crippen molar-refractivity contribution in [2.75, 3.05) is 6.54 Å². The fourth-order valence-electron chi connectivity index (χ4n) is 3.81. The number of hydrogen-bond donors (Lipinski definition) is 1. The first-order valence-electron chi connectivity index (χ1n) is 11.9. The first kappa shape index (κ1) is 25.0. The van der Waals surface area contributed by atoms with E-state index in [9.17, 15) is 0 Å². The molecule has 0 aliphatic heterocycles. The average Bonchev–Trinajstić information content (AvgIpc) is 2.57. The van der Waals surface area contributed by atoms with Gasteiger partial charge in [0, 0.05) is 6.04 Å². The lowest BCUT2D eigenvalue weighted by Crippen LogP contribution is -2.28. The summed E-state index contributed by atoms with van der Waals surface area (Å²) in [5.41, 5.74) is 0. The molecule has 1 atom stereocenters. The van der Waals surface area contributed by atoms with Crippen LogP contribution in [0, 0.1) is 5.92 Å². The van der Waals surface area contributed by atoms with Gasteiger partial charge in [0.15, 0.2) is 0 Å². The van der Waals surface area contributed by atoms with E-state index in [-0.39, 0.29) is 0 Å². The smallest absolute Gasteiger partial charge is 0.00411 e. The summed E-state index contributed by atoms with van der Waals surface area (Å²) in [4.78, 5) is 0. The van der Waals surface area contributed by atoms with Gasteiger partial charge < -0.3 is 5.32 Å². The molecule has 0 rings (SSSR count).